The summed E-state index contributed by atoms with van der Waals surface area (Å²) in [6, 6.07) is 6.44. The third-order valence-corrected chi connectivity index (χ3v) is 5.61. The predicted octanol–water partition coefficient (Wildman–Crippen LogP) is 3.47. The van der Waals surface area contributed by atoms with Gasteiger partial charge in [-0.05, 0) is 49.3 Å². The molecule has 1 saturated carbocycles. The van der Waals surface area contributed by atoms with E-state index in [4.69, 9.17) is 0 Å². The van der Waals surface area contributed by atoms with E-state index in [0.29, 0.717) is 6.42 Å². The highest BCUT2D eigenvalue weighted by molar-refractivity contribution is 5.83. The third kappa shape index (κ3) is 4.08. The highest BCUT2D eigenvalue weighted by atomic mass is 19.1. The fourth-order valence-corrected chi connectivity index (χ4v) is 4.08. The largest absolute Gasteiger partial charge is 0.353 e. The van der Waals surface area contributed by atoms with E-state index < -0.39 is 5.41 Å². The minimum absolute atomic E-state index is 0.00891. The Balaban J connectivity index is 1.79. The van der Waals surface area contributed by atoms with Crippen molar-refractivity contribution in [3.8, 4) is 0 Å². The molecular formula is C21H29FN2O2. The van der Waals surface area contributed by atoms with Gasteiger partial charge in [-0.1, -0.05) is 32.9 Å². The summed E-state index contributed by atoms with van der Waals surface area (Å²) in [4.78, 5) is 27.4. The van der Waals surface area contributed by atoms with Gasteiger partial charge in [-0.15, -0.1) is 0 Å². The van der Waals surface area contributed by atoms with Crippen LogP contribution in [0.25, 0.3) is 0 Å². The molecule has 1 aromatic rings. The number of hydrogen-bond donors (Lipinski definition) is 1. The molecule has 1 aliphatic carbocycles. The molecule has 3 atom stereocenters. The van der Waals surface area contributed by atoms with E-state index in [1.165, 1.54) is 12.1 Å². The zero-order chi connectivity index (χ0) is 18.9. The van der Waals surface area contributed by atoms with Gasteiger partial charge in [-0.25, -0.2) is 4.39 Å². The quantitative estimate of drug-likeness (QED) is 0.897. The first-order valence-corrected chi connectivity index (χ1v) is 9.61. The number of nitrogens with zero attached hydrogens (tertiary/aromatic N) is 1. The summed E-state index contributed by atoms with van der Waals surface area (Å²) in [6.45, 7) is 7.32. The summed E-state index contributed by atoms with van der Waals surface area (Å²) in [6.07, 6.45) is 3.49. The normalized spacial score (nSPS) is 26.2. The van der Waals surface area contributed by atoms with Crippen LogP contribution in [0.1, 0.15) is 57.9 Å². The SMILES string of the molecule is CC(C)(C)C(=O)N[C@@H]1C[C@H](C(=O)N2CCCC2)[C@@H](c2ccc(F)cc2)C1. The molecule has 0 radical (unpaired) electrons. The van der Waals surface area contributed by atoms with E-state index in [1.807, 2.05) is 25.7 Å². The second-order valence-corrected chi connectivity index (χ2v) is 8.69. The first kappa shape index (κ1) is 18.9. The first-order chi connectivity index (χ1) is 12.3. The number of carbonyl (C=O) groups is 2. The second-order valence-electron chi connectivity index (χ2n) is 8.69. The van der Waals surface area contributed by atoms with E-state index in [1.54, 1.807) is 12.1 Å². The molecule has 2 fully saturated rings. The van der Waals surface area contributed by atoms with Gasteiger partial charge in [0.15, 0.2) is 0 Å². The zero-order valence-corrected chi connectivity index (χ0v) is 15.9. The highest BCUT2D eigenvalue weighted by Crippen LogP contribution is 2.41. The Labute approximate surface area is 155 Å². The lowest BCUT2D eigenvalue weighted by Crippen LogP contribution is -2.41. The molecule has 1 heterocycles. The number of carbonyl (C=O) groups excluding carboxylic acids is 2. The molecule has 1 aromatic carbocycles. The zero-order valence-electron chi connectivity index (χ0n) is 15.9. The average Bonchev–Trinajstić information content (AvgIpc) is 3.24. The van der Waals surface area contributed by atoms with Crippen molar-refractivity contribution in [2.24, 2.45) is 11.3 Å². The maximum Gasteiger partial charge on any atom is 0.226 e. The number of likely N-dealkylation sites (tertiary alicyclic amines) is 1. The van der Waals surface area contributed by atoms with E-state index in [2.05, 4.69) is 5.32 Å². The molecule has 142 valence electrons. The van der Waals surface area contributed by atoms with Crippen LogP contribution < -0.4 is 5.32 Å². The molecule has 0 bridgehead atoms. The van der Waals surface area contributed by atoms with E-state index >= 15 is 0 Å². The van der Waals surface area contributed by atoms with Gasteiger partial charge >= 0.3 is 0 Å². The van der Waals surface area contributed by atoms with Crippen molar-refractivity contribution >= 4 is 11.8 Å². The number of halogens is 1. The third-order valence-electron chi connectivity index (χ3n) is 5.61. The second kappa shape index (κ2) is 7.37. The Morgan fingerprint density at radius 3 is 2.27 bits per heavy atom. The van der Waals surface area contributed by atoms with Gasteiger partial charge in [0.05, 0.1) is 0 Å². The van der Waals surface area contributed by atoms with Crippen molar-refractivity contribution in [3.63, 3.8) is 0 Å². The van der Waals surface area contributed by atoms with Crippen molar-refractivity contribution in [1.82, 2.24) is 10.2 Å². The Morgan fingerprint density at radius 1 is 1.08 bits per heavy atom. The van der Waals surface area contributed by atoms with Crippen molar-refractivity contribution < 1.29 is 14.0 Å². The van der Waals surface area contributed by atoms with Crippen LogP contribution in [0.5, 0.6) is 0 Å². The molecule has 1 aliphatic heterocycles. The summed E-state index contributed by atoms with van der Waals surface area (Å²) < 4.78 is 13.3. The van der Waals surface area contributed by atoms with Gasteiger partial charge in [0, 0.05) is 30.5 Å². The van der Waals surface area contributed by atoms with E-state index in [-0.39, 0.29) is 35.5 Å². The average molecular weight is 360 g/mol. The van der Waals surface area contributed by atoms with Crippen molar-refractivity contribution in [2.45, 2.75) is 58.4 Å². The van der Waals surface area contributed by atoms with Gasteiger partial charge in [0.2, 0.25) is 11.8 Å². The van der Waals surface area contributed by atoms with Crippen LogP contribution in [0.4, 0.5) is 4.39 Å². The number of benzene rings is 1. The highest BCUT2D eigenvalue weighted by Gasteiger charge is 2.42. The molecule has 4 nitrogen and oxygen atoms in total. The molecular weight excluding hydrogens is 331 g/mol. The molecule has 26 heavy (non-hydrogen) atoms. The number of rotatable bonds is 3. The summed E-state index contributed by atoms with van der Waals surface area (Å²) >= 11 is 0. The molecule has 0 aromatic heterocycles. The summed E-state index contributed by atoms with van der Waals surface area (Å²) in [5.74, 6) is -0.205. The summed E-state index contributed by atoms with van der Waals surface area (Å²) in [5, 5.41) is 3.12. The van der Waals surface area contributed by atoms with Crippen molar-refractivity contribution in [1.29, 1.82) is 0 Å². The van der Waals surface area contributed by atoms with Gasteiger partial charge < -0.3 is 10.2 Å². The Morgan fingerprint density at radius 2 is 1.69 bits per heavy atom. The lowest BCUT2D eigenvalue weighted by Gasteiger charge is -2.24. The molecule has 0 unspecified atom stereocenters. The van der Waals surface area contributed by atoms with Crippen LogP contribution in [0.15, 0.2) is 24.3 Å². The van der Waals surface area contributed by atoms with Crippen LogP contribution in [0.3, 0.4) is 0 Å². The minimum atomic E-state index is -0.456. The maximum absolute atomic E-state index is 13.3. The fourth-order valence-electron chi connectivity index (χ4n) is 4.08. The molecule has 1 N–H and O–H groups in total. The lowest BCUT2D eigenvalue weighted by molar-refractivity contribution is -0.135. The van der Waals surface area contributed by atoms with Crippen molar-refractivity contribution in [2.75, 3.05) is 13.1 Å². The van der Waals surface area contributed by atoms with Crippen LogP contribution in [-0.4, -0.2) is 35.8 Å². The van der Waals surface area contributed by atoms with Crippen LogP contribution in [0.2, 0.25) is 0 Å². The van der Waals surface area contributed by atoms with Gasteiger partial charge in [0.1, 0.15) is 5.82 Å². The smallest absolute Gasteiger partial charge is 0.226 e. The monoisotopic (exact) mass is 360 g/mol. The maximum atomic E-state index is 13.3. The number of nitrogens with one attached hydrogen (secondary N) is 1. The molecule has 3 rings (SSSR count). The standard InChI is InChI=1S/C21H29FN2O2/c1-21(2,3)20(26)23-16-12-17(14-6-8-15(22)9-7-14)18(13-16)19(25)24-10-4-5-11-24/h6-9,16-18H,4-5,10-13H2,1-3H3,(H,23,26)/t16-,17+,18-/m0/s1. The van der Waals surface area contributed by atoms with Crippen LogP contribution >= 0.6 is 0 Å². The van der Waals surface area contributed by atoms with Crippen molar-refractivity contribution in [3.05, 3.63) is 35.6 Å². The Hall–Kier alpha value is -1.91. The Kier molecular flexibility index (Phi) is 5.35. The minimum Gasteiger partial charge on any atom is -0.353 e. The topological polar surface area (TPSA) is 49.4 Å². The predicted molar refractivity (Wildman–Crippen MR) is 99.1 cm³/mol. The molecule has 2 amide bonds. The fraction of sp³-hybridized carbons (Fsp3) is 0.619. The van der Waals surface area contributed by atoms with Gasteiger partial charge in [0.25, 0.3) is 0 Å². The van der Waals surface area contributed by atoms with Gasteiger partial charge in [-0.2, -0.15) is 0 Å². The number of amides is 2. The molecule has 5 heteroatoms. The van der Waals surface area contributed by atoms with E-state index in [0.717, 1.165) is 37.9 Å². The Bertz CT molecular complexity index is 660. The van der Waals surface area contributed by atoms with Crippen LogP contribution in [0, 0.1) is 17.2 Å². The summed E-state index contributed by atoms with van der Waals surface area (Å²) in [5.41, 5.74) is 0.527. The number of hydrogen-bond acceptors (Lipinski definition) is 2. The van der Waals surface area contributed by atoms with Crippen LogP contribution in [-0.2, 0) is 9.59 Å². The van der Waals surface area contributed by atoms with E-state index in [9.17, 15) is 14.0 Å². The molecule has 1 saturated heterocycles. The molecule has 2 aliphatic rings. The first-order valence-electron chi connectivity index (χ1n) is 9.61. The molecule has 0 spiro atoms. The summed E-state index contributed by atoms with van der Waals surface area (Å²) in [7, 11) is 0. The van der Waals surface area contributed by atoms with Gasteiger partial charge in [-0.3, -0.25) is 9.59 Å². The lowest BCUT2D eigenvalue weighted by atomic mass is 9.88.